The summed E-state index contributed by atoms with van der Waals surface area (Å²) in [7, 11) is 2.05. The molecule has 0 bridgehead atoms. The van der Waals surface area contributed by atoms with Gasteiger partial charge in [0.25, 0.3) is 0 Å². The molecule has 0 spiro atoms. The first kappa shape index (κ1) is 13.3. The van der Waals surface area contributed by atoms with Gasteiger partial charge in [0.05, 0.1) is 0 Å². The van der Waals surface area contributed by atoms with Crippen LogP contribution in [0.25, 0.3) is 0 Å². The van der Waals surface area contributed by atoms with Gasteiger partial charge >= 0.3 is 0 Å². The first-order valence-corrected chi connectivity index (χ1v) is 6.45. The van der Waals surface area contributed by atoms with Crippen molar-refractivity contribution in [3.63, 3.8) is 0 Å². The molecule has 18 heavy (non-hydrogen) atoms. The SMILES string of the molecule is C[C@H](N)c1cc(F)ccc1N(C)C1CCOCC1. The molecular formula is C14H21FN2O. The van der Waals surface area contributed by atoms with Gasteiger partial charge < -0.3 is 15.4 Å². The molecule has 1 aliphatic rings. The average Bonchev–Trinajstić information content (AvgIpc) is 2.39. The summed E-state index contributed by atoms with van der Waals surface area (Å²) in [6.45, 7) is 3.48. The zero-order chi connectivity index (χ0) is 13.1. The highest BCUT2D eigenvalue weighted by molar-refractivity contribution is 5.55. The van der Waals surface area contributed by atoms with Gasteiger partial charge in [0.1, 0.15) is 5.82 Å². The summed E-state index contributed by atoms with van der Waals surface area (Å²) in [5.74, 6) is -0.230. The van der Waals surface area contributed by atoms with Crippen LogP contribution in [0.5, 0.6) is 0 Å². The number of nitrogens with two attached hydrogens (primary N) is 1. The number of hydrogen-bond donors (Lipinski definition) is 1. The Morgan fingerprint density at radius 3 is 2.67 bits per heavy atom. The van der Waals surface area contributed by atoms with Crippen LogP contribution in [-0.4, -0.2) is 26.3 Å². The topological polar surface area (TPSA) is 38.5 Å². The highest BCUT2D eigenvalue weighted by atomic mass is 19.1. The summed E-state index contributed by atoms with van der Waals surface area (Å²) in [6.07, 6.45) is 2.01. The number of ether oxygens (including phenoxy) is 1. The first-order chi connectivity index (χ1) is 8.59. The molecule has 0 unspecified atom stereocenters. The van der Waals surface area contributed by atoms with E-state index < -0.39 is 0 Å². The van der Waals surface area contributed by atoms with Crippen molar-refractivity contribution in [3.05, 3.63) is 29.6 Å². The van der Waals surface area contributed by atoms with Crippen LogP contribution in [0.2, 0.25) is 0 Å². The number of nitrogens with zero attached hydrogens (tertiary/aromatic N) is 1. The minimum atomic E-state index is -0.230. The van der Waals surface area contributed by atoms with Gasteiger partial charge in [-0.1, -0.05) is 0 Å². The predicted molar refractivity (Wildman–Crippen MR) is 71.2 cm³/mol. The molecule has 1 atom stereocenters. The molecule has 0 aliphatic carbocycles. The van der Waals surface area contributed by atoms with Crippen LogP contribution < -0.4 is 10.6 Å². The van der Waals surface area contributed by atoms with E-state index >= 15 is 0 Å². The summed E-state index contributed by atoms with van der Waals surface area (Å²) in [5, 5.41) is 0. The second-order valence-corrected chi connectivity index (χ2v) is 4.95. The Hall–Kier alpha value is -1.13. The summed E-state index contributed by atoms with van der Waals surface area (Å²) >= 11 is 0. The van der Waals surface area contributed by atoms with Crippen LogP contribution in [0.3, 0.4) is 0 Å². The lowest BCUT2D eigenvalue weighted by Crippen LogP contribution is -2.37. The Bertz CT molecular complexity index is 403. The van der Waals surface area contributed by atoms with Crippen LogP contribution in [-0.2, 0) is 4.74 Å². The van der Waals surface area contributed by atoms with Crippen molar-refractivity contribution < 1.29 is 9.13 Å². The maximum absolute atomic E-state index is 13.3. The third-order valence-corrected chi connectivity index (χ3v) is 3.60. The molecule has 0 amide bonds. The minimum absolute atomic E-state index is 0.169. The number of benzene rings is 1. The summed E-state index contributed by atoms with van der Waals surface area (Å²) < 4.78 is 18.7. The van der Waals surface area contributed by atoms with Crippen LogP contribution in [0.1, 0.15) is 31.4 Å². The zero-order valence-corrected chi connectivity index (χ0v) is 11.0. The van der Waals surface area contributed by atoms with Crippen molar-refractivity contribution in [2.75, 3.05) is 25.2 Å². The van der Waals surface area contributed by atoms with Gasteiger partial charge in [0.2, 0.25) is 0 Å². The molecule has 3 nitrogen and oxygen atoms in total. The molecule has 1 fully saturated rings. The standard InChI is InChI=1S/C14H21FN2O/c1-10(16)13-9-11(15)3-4-14(13)17(2)12-5-7-18-8-6-12/h3-4,9-10,12H,5-8,16H2,1-2H3/t10-/m0/s1. The van der Waals surface area contributed by atoms with Gasteiger partial charge in [-0.25, -0.2) is 4.39 Å². The predicted octanol–water partition coefficient (Wildman–Crippen LogP) is 2.46. The smallest absolute Gasteiger partial charge is 0.123 e. The zero-order valence-electron chi connectivity index (χ0n) is 11.0. The van der Waals surface area contributed by atoms with Crippen molar-refractivity contribution in [3.8, 4) is 0 Å². The summed E-state index contributed by atoms with van der Waals surface area (Å²) in [6, 6.07) is 5.13. The molecule has 1 saturated heterocycles. The van der Waals surface area contributed by atoms with Gasteiger partial charge in [-0.2, -0.15) is 0 Å². The van der Waals surface area contributed by atoms with Crippen molar-refractivity contribution in [1.82, 2.24) is 0 Å². The fraction of sp³-hybridized carbons (Fsp3) is 0.571. The molecule has 1 aromatic rings. The van der Waals surface area contributed by atoms with Crippen LogP contribution in [0.4, 0.5) is 10.1 Å². The van der Waals surface area contributed by atoms with Crippen molar-refractivity contribution in [2.24, 2.45) is 5.73 Å². The minimum Gasteiger partial charge on any atom is -0.381 e. The van der Waals surface area contributed by atoms with Crippen molar-refractivity contribution in [2.45, 2.75) is 31.8 Å². The van der Waals surface area contributed by atoms with Crippen LogP contribution in [0, 0.1) is 5.82 Å². The van der Waals surface area contributed by atoms with Gasteiger partial charge in [-0.15, -0.1) is 0 Å². The molecular weight excluding hydrogens is 231 g/mol. The van der Waals surface area contributed by atoms with Gasteiger partial charge in [0.15, 0.2) is 0 Å². The second-order valence-electron chi connectivity index (χ2n) is 4.95. The number of anilines is 1. The fourth-order valence-electron chi connectivity index (χ4n) is 2.48. The highest BCUT2D eigenvalue weighted by Gasteiger charge is 2.21. The summed E-state index contributed by atoms with van der Waals surface area (Å²) in [4.78, 5) is 2.21. The van der Waals surface area contributed by atoms with Gasteiger partial charge in [-0.05, 0) is 43.5 Å². The number of rotatable bonds is 3. The number of halogens is 1. The maximum Gasteiger partial charge on any atom is 0.123 e. The Labute approximate surface area is 108 Å². The maximum atomic E-state index is 13.3. The molecule has 1 heterocycles. The molecule has 0 saturated carbocycles. The average molecular weight is 252 g/mol. The van der Waals surface area contributed by atoms with E-state index in [0.29, 0.717) is 6.04 Å². The van der Waals surface area contributed by atoms with E-state index in [9.17, 15) is 4.39 Å². The molecule has 2 rings (SSSR count). The normalized spacial score (nSPS) is 18.7. The fourth-order valence-corrected chi connectivity index (χ4v) is 2.48. The first-order valence-electron chi connectivity index (χ1n) is 6.45. The Kier molecular flexibility index (Phi) is 4.19. The monoisotopic (exact) mass is 252 g/mol. The lowest BCUT2D eigenvalue weighted by atomic mass is 10.0. The largest absolute Gasteiger partial charge is 0.381 e. The van der Waals surface area contributed by atoms with E-state index in [1.807, 2.05) is 13.0 Å². The Balaban J connectivity index is 2.25. The summed E-state index contributed by atoms with van der Waals surface area (Å²) in [5.41, 5.74) is 7.82. The Morgan fingerprint density at radius 2 is 2.06 bits per heavy atom. The van der Waals surface area contributed by atoms with Gasteiger partial charge in [-0.3, -0.25) is 0 Å². The van der Waals surface area contributed by atoms with E-state index in [1.165, 1.54) is 12.1 Å². The number of hydrogen-bond acceptors (Lipinski definition) is 3. The lowest BCUT2D eigenvalue weighted by molar-refractivity contribution is 0.0854. The van der Waals surface area contributed by atoms with E-state index in [-0.39, 0.29) is 11.9 Å². The van der Waals surface area contributed by atoms with E-state index in [2.05, 4.69) is 11.9 Å². The highest BCUT2D eigenvalue weighted by Crippen LogP contribution is 2.29. The third-order valence-electron chi connectivity index (χ3n) is 3.60. The third kappa shape index (κ3) is 2.82. The quantitative estimate of drug-likeness (QED) is 0.898. The van der Waals surface area contributed by atoms with E-state index in [1.54, 1.807) is 0 Å². The van der Waals surface area contributed by atoms with Gasteiger partial charge in [0, 0.05) is 38.0 Å². The molecule has 2 N–H and O–H groups in total. The van der Waals surface area contributed by atoms with Crippen LogP contribution in [0.15, 0.2) is 18.2 Å². The van der Waals surface area contributed by atoms with Crippen molar-refractivity contribution in [1.29, 1.82) is 0 Å². The molecule has 4 heteroatoms. The molecule has 1 aliphatic heterocycles. The van der Waals surface area contributed by atoms with Crippen molar-refractivity contribution >= 4 is 5.69 Å². The van der Waals surface area contributed by atoms with E-state index in [4.69, 9.17) is 10.5 Å². The van der Waals surface area contributed by atoms with E-state index in [0.717, 1.165) is 37.3 Å². The molecule has 100 valence electrons. The Morgan fingerprint density at radius 1 is 1.39 bits per heavy atom. The second kappa shape index (κ2) is 5.67. The molecule has 1 aromatic carbocycles. The molecule has 0 aromatic heterocycles. The molecule has 0 radical (unpaired) electrons. The van der Waals surface area contributed by atoms with Crippen LogP contribution >= 0.6 is 0 Å². The lowest BCUT2D eigenvalue weighted by Gasteiger charge is -2.34.